The molecule has 2 amide bonds. The fourth-order valence-electron chi connectivity index (χ4n) is 2.75. The summed E-state index contributed by atoms with van der Waals surface area (Å²) in [5.74, 6) is -1.10. The number of aromatic nitrogens is 2. The van der Waals surface area contributed by atoms with Crippen LogP contribution in [0.2, 0.25) is 0 Å². The van der Waals surface area contributed by atoms with Gasteiger partial charge >= 0.3 is 0 Å². The highest BCUT2D eigenvalue weighted by atomic mass is 32.2. The van der Waals surface area contributed by atoms with Gasteiger partial charge in [0.1, 0.15) is 0 Å². The number of carbonyl (C=O) groups excluding carboxylic acids is 2. The number of non-ortho nitro benzene ring substituents is 1. The van der Waals surface area contributed by atoms with E-state index in [1.54, 1.807) is 0 Å². The molecule has 166 valence electrons. The Morgan fingerprint density at radius 1 is 1.16 bits per heavy atom. The molecule has 3 aromatic rings. The molecule has 0 bridgehead atoms. The predicted octanol–water partition coefficient (Wildman–Crippen LogP) is 3.61. The maximum atomic E-state index is 12.1. The minimum absolute atomic E-state index is 0.00836. The van der Waals surface area contributed by atoms with Crippen LogP contribution >= 0.6 is 23.1 Å². The number of nitrogens with one attached hydrogen (secondary N) is 3. The van der Waals surface area contributed by atoms with E-state index >= 15 is 0 Å². The van der Waals surface area contributed by atoms with E-state index in [1.807, 2.05) is 19.1 Å². The summed E-state index contributed by atoms with van der Waals surface area (Å²) >= 11 is 2.50. The molecule has 1 heterocycles. The van der Waals surface area contributed by atoms with Crippen molar-refractivity contribution in [3.8, 4) is 0 Å². The maximum absolute atomic E-state index is 12.1. The van der Waals surface area contributed by atoms with Crippen LogP contribution in [0.5, 0.6) is 0 Å². The fourth-order valence-corrected chi connectivity index (χ4v) is 4.31. The van der Waals surface area contributed by atoms with Gasteiger partial charge in [0.05, 0.1) is 10.7 Å². The predicted molar refractivity (Wildman–Crippen MR) is 123 cm³/mol. The van der Waals surface area contributed by atoms with E-state index in [1.165, 1.54) is 46.9 Å². The molecule has 0 radical (unpaired) electrons. The Morgan fingerprint density at radius 3 is 2.69 bits per heavy atom. The van der Waals surface area contributed by atoms with Gasteiger partial charge in [-0.15, -0.1) is 10.2 Å². The lowest BCUT2D eigenvalue weighted by Gasteiger charge is -2.11. The van der Waals surface area contributed by atoms with Gasteiger partial charge in [0.2, 0.25) is 11.0 Å². The number of hydrogen-bond acceptors (Lipinski definition) is 9. The molecule has 0 saturated carbocycles. The fraction of sp³-hybridized carbons (Fsp3) is 0.200. The zero-order valence-electron chi connectivity index (χ0n) is 17.2. The third kappa shape index (κ3) is 6.02. The molecule has 0 atom stereocenters. The number of rotatable bonds is 8. The molecule has 0 aliphatic carbocycles. The smallest absolute Gasteiger partial charge is 0.270 e. The number of thioether (sulfide) groups is 1. The van der Waals surface area contributed by atoms with Gasteiger partial charge < -0.3 is 5.32 Å². The van der Waals surface area contributed by atoms with Gasteiger partial charge in [0.25, 0.3) is 11.6 Å². The molecule has 10 nitrogen and oxygen atoms in total. The number of para-hydroxylation sites is 1. The SMILES string of the molecule is CCc1cccc(C)c1Nc1nnc(SCC(=O)NNC(=O)c2cccc([N+](=O)[O-])c2)s1. The summed E-state index contributed by atoms with van der Waals surface area (Å²) in [6, 6.07) is 11.3. The molecule has 3 N–H and O–H groups in total. The molecule has 12 heteroatoms. The van der Waals surface area contributed by atoms with Crippen molar-refractivity contribution in [1.82, 2.24) is 21.0 Å². The lowest BCUT2D eigenvalue weighted by Crippen LogP contribution is -2.42. The second-order valence-corrected chi connectivity index (χ2v) is 8.76. The van der Waals surface area contributed by atoms with Crippen molar-refractivity contribution in [1.29, 1.82) is 0 Å². The lowest BCUT2D eigenvalue weighted by atomic mass is 10.1. The monoisotopic (exact) mass is 472 g/mol. The molecular formula is C20H20N6O4S2. The third-order valence-corrected chi connectivity index (χ3v) is 6.31. The van der Waals surface area contributed by atoms with Gasteiger partial charge in [-0.25, -0.2) is 0 Å². The Morgan fingerprint density at radius 2 is 1.94 bits per heavy atom. The molecule has 0 saturated heterocycles. The van der Waals surface area contributed by atoms with Crippen LogP contribution in [0.1, 0.15) is 28.4 Å². The summed E-state index contributed by atoms with van der Waals surface area (Å²) in [6.07, 6.45) is 0.882. The number of hydrazine groups is 1. The molecule has 0 fully saturated rings. The number of anilines is 2. The number of nitrogens with zero attached hydrogens (tertiary/aromatic N) is 3. The van der Waals surface area contributed by atoms with Gasteiger partial charge in [0, 0.05) is 23.4 Å². The number of nitro benzene ring substituents is 1. The highest BCUT2D eigenvalue weighted by Crippen LogP contribution is 2.30. The van der Waals surface area contributed by atoms with E-state index in [2.05, 4.69) is 39.4 Å². The van der Waals surface area contributed by atoms with Crippen LogP contribution in [0.4, 0.5) is 16.5 Å². The van der Waals surface area contributed by atoms with Crippen LogP contribution in [-0.4, -0.2) is 32.7 Å². The third-order valence-electron chi connectivity index (χ3n) is 4.34. The van der Waals surface area contributed by atoms with Gasteiger partial charge in [0.15, 0.2) is 4.34 Å². The average molecular weight is 473 g/mol. The summed E-state index contributed by atoms with van der Waals surface area (Å²) in [5.41, 5.74) is 7.66. The topological polar surface area (TPSA) is 139 Å². The standard InChI is InChI=1S/C20H20N6O4S2/c1-3-13-7-4-6-12(2)17(13)21-19-24-25-20(32-19)31-11-16(27)22-23-18(28)14-8-5-9-15(10-14)26(29)30/h4-10H,3,11H2,1-2H3,(H,21,24)(H,22,27)(H,23,28). The summed E-state index contributed by atoms with van der Waals surface area (Å²) in [5, 5.41) is 22.9. The lowest BCUT2D eigenvalue weighted by molar-refractivity contribution is -0.384. The van der Waals surface area contributed by atoms with Crippen LogP contribution in [0.25, 0.3) is 0 Å². The number of benzene rings is 2. The van der Waals surface area contributed by atoms with Gasteiger partial charge in [-0.2, -0.15) is 0 Å². The van der Waals surface area contributed by atoms with E-state index in [0.717, 1.165) is 23.7 Å². The molecule has 0 aliphatic heterocycles. The van der Waals surface area contributed by atoms with Gasteiger partial charge in [-0.1, -0.05) is 54.3 Å². The second-order valence-electron chi connectivity index (χ2n) is 6.56. The van der Waals surface area contributed by atoms with Crippen molar-refractivity contribution in [3.63, 3.8) is 0 Å². The molecule has 0 aliphatic rings. The van der Waals surface area contributed by atoms with Gasteiger partial charge in [-0.05, 0) is 30.5 Å². The van der Waals surface area contributed by atoms with Crippen LogP contribution in [-0.2, 0) is 11.2 Å². The zero-order valence-corrected chi connectivity index (χ0v) is 18.9. The number of hydrogen-bond donors (Lipinski definition) is 3. The number of aryl methyl sites for hydroxylation is 2. The van der Waals surface area contributed by atoms with Crippen LogP contribution < -0.4 is 16.2 Å². The first-order valence-corrected chi connectivity index (χ1v) is 11.3. The van der Waals surface area contributed by atoms with E-state index < -0.39 is 16.7 Å². The highest BCUT2D eigenvalue weighted by Gasteiger charge is 2.14. The number of amides is 2. The first-order chi connectivity index (χ1) is 15.4. The Balaban J connectivity index is 1.50. The Labute approximate surface area is 192 Å². The van der Waals surface area contributed by atoms with Crippen LogP contribution in [0, 0.1) is 17.0 Å². The number of carbonyl (C=O) groups is 2. The van der Waals surface area contributed by atoms with Crippen LogP contribution in [0.3, 0.4) is 0 Å². The van der Waals surface area contributed by atoms with Crippen molar-refractivity contribution >= 4 is 51.4 Å². The van der Waals surface area contributed by atoms with E-state index in [-0.39, 0.29) is 17.0 Å². The molecule has 3 rings (SSSR count). The first-order valence-electron chi connectivity index (χ1n) is 9.52. The van der Waals surface area contributed by atoms with E-state index in [0.29, 0.717) is 9.47 Å². The average Bonchev–Trinajstić information content (AvgIpc) is 3.25. The van der Waals surface area contributed by atoms with E-state index in [4.69, 9.17) is 0 Å². The molecular weight excluding hydrogens is 452 g/mol. The molecule has 32 heavy (non-hydrogen) atoms. The molecule has 2 aromatic carbocycles. The maximum Gasteiger partial charge on any atom is 0.270 e. The summed E-state index contributed by atoms with van der Waals surface area (Å²) in [7, 11) is 0. The number of nitro groups is 1. The Bertz CT molecular complexity index is 1150. The Hall–Kier alpha value is -3.51. The summed E-state index contributed by atoms with van der Waals surface area (Å²) in [6.45, 7) is 4.10. The van der Waals surface area contributed by atoms with Crippen molar-refractivity contribution < 1.29 is 14.5 Å². The van der Waals surface area contributed by atoms with E-state index in [9.17, 15) is 19.7 Å². The minimum atomic E-state index is -0.653. The van der Waals surface area contributed by atoms with Crippen LogP contribution in [0.15, 0.2) is 46.8 Å². The second kappa shape index (κ2) is 10.7. The molecule has 0 unspecified atom stereocenters. The molecule has 0 spiro atoms. The molecule has 1 aromatic heterocycles. The normalized spacial score (nSPS) is 10.4. The first kappa shape index (κ1) is 23.2. The minimum Gasteiger partial charge on any atom is -0.330 e. The summed E-state index contributed by atoms with van der Waals surface area (Å²) in [4.78, 5) is 34.3. The van der Waals surface area contributed by atoms with Crippen molar-refractivity contribution in [3.05, 3.63) is 69.3 Å². The highest BCUT2D eigenvalue weighted by molar-refractivity contribution is 8.01. The van der Waals surface area contributed by atoms with Gasteiger partial charge in [-0.3, -0.25) is 30.6 Å². The van der Waals surface area contributed by atoms with Crippen molar-refractivity contribution in [2.75, 3.05) is 11.1 Å². The van der Waals surface area contributed by atoms with Crippen molar-refractivity contribution in [2.45, 2.75) is 24.6 Å². The largest absolute Gasteiger partial charge is 0.330 e. The van der Waals surface area contributed by atoms with Crippen molar-refractivity contribution in [2.24, 2.45) is 0 Å². The Kier molecular flexibility index (Phi) is 7.73. The quantitative estimate of drug-likeness (QED) is 0.257. The summed E-state index contributed by atoms with van der Waals surface area (Å²) < 4.78 is 0.597. The zero-order chi connectivity index (χ0) is 23.1.